The largest absolute Gasteiger partial charge is 0.397 e. The van der Waals surface area contributed by atoms with Crippen molar-refractivity contribution in [1.82, 2.24) is 4.98 Å². The number of nitrogen functional groups attached to an aromatic ring is 1. The predicted molar refractivity (Wildman–Crippen MR) is 51.7 cm³/mol. The predicted octanol–water partition coefficient (Wildman–Crippen LogP) is 1.42. The Morgan fingerprint density at radius 2 is 2.36 bits per heavy atom. The summed E-state index contributed by atoms with van der Waals surface area (Å²) in [4.78, 5) is 4.25. The fourth-order valence-corrected chi connectivity index (χ4v) is 1.96. The van der Waals surface area contributed by atoms with E-state index in [1.165, 1.54) is 0 Å². The van der Waals surface area contributed by atoms with Crippen LogP contribution in [0.2, 0.25) is 0 Å². The maximum atomic E-state index is 5.75. The van der Waals surface area contributed by atoms with Crippen molar-refractivity contribution in [1.29, 1.82) is 0 Å². The molecule has 0 amide bonds. The first-order valence-electron chi connectivity index (χ1n) is 3.67. The van der Waals surface area contributed by atoms with Crippen LogP contribution in [0.5, 0.6) is 0 Å². The van der Waals surface area contributed by atoms with Crippen LogP contribution >= 0.6 is 7.92 Å². The molecule has 60 valence electrons. The minimum Gasteiger partial charge on any atom is -0.397 e. The number of nitrogens with zero attached hydrogens (tertiary/aromatic N) is 1. The standard InChI is InChI=1S/C8H13N2P/c1-3-11(2)8-7(9)5-4-6-10-8/h4-6H,3,9H2,1-2H3. The quantitative estimate of drug-likeness (QED) is 0.678. The number of pyridine rings is 1. The van der Waals surface area contributed by atoms with Crippen molar-refractivity contribution in [2.75, 3.05) is 18.6 Å². The molecule has 1 aromatic heterocycles. The molecule has 0 fully saturated rings. The van der Waals surface area contributed by atoms with Gasteiger partial charge in [0.2, 0.25) is 0 Å². The van der Waals surface area contributed by atoms with Crippen molar-refractivity contribution in [3.8, 4) is 0 Å². The maximum absolute atomic E-state index is 5.75. The van der Waals surface area contributed by atoms with E-state index in [1.54, 1.807) is 6.20 Å². The first-order chi connectivity index (χ1) is 5.25. The summed E-state index contributed by atoms with van der Waals surface area (Å²) in [5.41, 5.74) is 7.67. The van der Waals surface area contributed by atoms with Crippen LogP contribution in [0, 0.1) is 0 Å². The van der Waals surface area contributed by atoms with Crippen LogP contribution in [0.1, 0.15) is 6.92 Å². The van der Waals surface area contributed by atoms with Gasteiger partial charge in [0.15, 0.2) is 0 Å². The summed E-state index contributed by atoms with van der Waals surface area (Å²) in [6.07, 6.45) is 2.96. The van der Waals surface area contributed by atoms with Gasteiger partial charge < -0.3 is 5.73 Å². The molecule has 1 aromatic rings. The monoisotopic (exact) mass is 168 g/mol. The molecule has 0 aliphatic heterocycles. The van der Waals surface area contributed by atoms with Gasteiger partial charge in [0.25, 0.3) is 0 Å². The number of nitrogens with two attached hydrogens (primary N) is 1. The van der Waals surface area contributed by atoms with E-state index >= 15 is 0 Å². The van der Waals surface area contributed by atoms with E-state index in [1.807, 2.05) is 12.1 Å². The van der Waals surface area contributed by atoms with Crippen LogP contribution in [-0.2, 0) is 0 Å². The van der Waals surface area contributed by atoms with Gasteiger partial charge in [0.05, 0.1) is 11.1 Å². The van der Waals surface area contributed by atoms with Crippen LogP contribution in [0.15, 0.2) is 18.3 Å². The summed E-state index contributed by atoms with van der Waals surface area (Å²) in [6.45, 7) is 4.37. The molecule has 0 aliphatic rings. The lowest BCUT2D eigenvalue weighted by atomic mass is 10.4. The third kappa shape index (κ3) is 1.90. The molecule has 2 nitrogen and oxygen atoms in total. The normalized spacial score (nSPS) is 12.9. The molecule has 0 saturated heterocycles. The molecule has 0 bridgehead atoms. The molecule has 0 aromatic carbocycles. The van der Waals surface area contributed by atoms with Crippen LogP contribution in [-0.4, -0.2) is 17.8 Å². The Hall–Kier alpha value is -0.620. The third-order valence-corrected chi connectivity index (χ3v) is 3.70. The lowest BCUT2D eigenvalue weighted by molar-refractivity contribution is 1.38. The Bertz CT molecular complexity index is 237. The summed E-state index contributed by atoms with van der Waals surface area (Å²) in [5, 5.41) is 0. The Morgan fingerprint density at radius 3 is 2.91 bits per heavy atom. The van der Waals surface area contributed by atoms with Gasteiger partial charge in [-0.15, -0.1) is 0 Å². The van der Waals surface area contributed by atoms with E-state index in [0.29, 0.717) is 0 Å². The van der Waals surface area contributed by atoms with E-state index in [-0.39, 0.29) is 7.92 Å². The number of hydrogen-bond donors (Lipinski definition) is 1. The SMILES string of the molecule is CCP(C)c1ncccc1N. The summed E-state index contributed by atoms with van der Waals surface area (Å²) < 4.78 is 0. The number of aromatic nitrogens is 1. The van der Waals surface area contributed by atoms with Gasteiger partial charge in [-0.1, -0.05) is 14.8 Å². The lowest BCUT2D eigenvalue weighted by Gasteiger charge is -2.09. The van der Waals surface area contributed by atoms with E-state index < -0.39 is 0 Å². The van der Waals surface area contributed by atoms with Gasteiger partial charge in [-0.3, -0.25) is 4.98 Å². The van der Waals surface area contributed by atoms with Crippen LogP contribution < -0.4 is 11.2 Å². The Morgan fingerprint density at radius 1 is 1.64 bits per heavy atom. The second kappa shape index (κ2) is 3.68. The average Bonchev–Trinajstić information content (AvgIpc) is 2.04. The third-order valence-electron chi connectivity index (χ3n) is 1.65. The van der Waals surface area contributed by atoms with Crippen molar-refractivity contribution in [3.63, 3.8) is 0 Å². The average molecular weight is 168 g/mol. The zero-order valence-corrected chi connectivity index (χ0v) is 7.81. The minimum absolute atomic E-state index is 0.130. The van der Waals surface area contributed by atoms with Crippen molar-refractivity contribution < 1.29 is 0 Å². The number of anilines is 1. The Balaban J connectivity index is 2.93. The fraction of sp³-hybridized carbons (Fsp3) is 0.375. The molecule has 11 heavy (non-hydrogen) atoms. The van der Waals surface area contributed by atoms with E-state index in [2.05, 4.69) is 18.6 Å². The van der Waals surface area contributed by atoms with Gasteiger partial charge in [-0.2, -0.15) is 0 Å². The first-order valence-corrected chi connectivity index (χ1v) is 5.64. The fourth-order valence-electron chi connectivity index (χ4n) is 0.878. The molecule has 0 radical (unpaired) electrons. The second-order valence-corrected chi connectivity index (χ2v) is 4.88. The molecule has 1 atom stereocenters. The van der Waals surface area contributed by atoms with E-state index in [4.69, 9.17) is 5.73 Å². The molecule has 0 spiro atoms. The van der Waals surface area contributed by atoms with E-state index in [0.717, 1.165) is 17.3 Å². The molecular formula is C8H13N2P. The molecule has 1 rings (SSSR count). The molecule has 0 aliphatic carbocycles. The highest BCUT2D eigenvalue weighted by Gasteiger charge is 2.05. The van der Waals surface area contributed by atoms with Crippen molar-refractivity contribution in [2.45, 2.75) is 6.92 Å². The van der Waals surface area contributed by atoms with Crippen molar-refractivity contribution >= 4 is 19.0 Å². The number of hydrogen-bond acceptors (Lipinski definition) is 2. The van der Waals surface area contributed by atoms with Gasteiger partial charge in [-0.05, 0) is 25.0 Å². The van der Waals surface area contributed by atoms with E-state index in [9.17, 15) is 0 Å². The summed E-state index contributed by atoms with van der Waals surface area (Å²) in [5.74, 6) is 0. The van der Waals surface area contributed by atoms with Crippen molar-refractivity contribution in [3.05, 3.63) is 18.3 Å². The molecule has 1 unspecified atom stereocenters. The van der Waals surface area contributed by atoms with Crippen LogP contribution in [0.4, 0.5) is 5.69 Å². The Kier molecular flexibility index (Phi) is 2.84. The number of rotatable bonds is 2. The second-order valence-electron chi connectivity index (χ2n) is 2.43. The highest BCUT2D eigenvalue weighted by atomic mass is 31.1. The van der Waals surface area contributed by atoms with Gasteiger partial charge in [0, 0.05) is 6.20 Å². The summed E-state index contributed by atoms with van der Waals surface area (Å²) in [6, 6.07) is 3.79. The first kappa shape index (κ1) is 8.48. The molecule has 2 N–H and O–H groups in total. The van der Waals surface area contributed by atoms with Gasteiger partial charge >= 0.3 is 0 Å². The van der Waals surface area contributed by atoms with Crippen molar-refractivity contribution in [2.24, 2.45) is 0 Å². The zero-order chi connectivity index (χ0) is 8.27. The molecular weight excluding hydrogens is 155 g/mol. The highest BCUT2D eigenvalue weighted by Crippen LogP contribution is 2.29. The Labute approximate surface area is 68.6 Å². The maximum Gasteiger partial charge on any atom is 0.0855 e. The molecule has 3 heteroatoms. The topological polar surface area (TPSA) is 38.9 Å². The minimum atomic E-state index is -0.130. The van der Waals surface area contributed by atoms with Gasteiger partial charge in [-0.25, -0.2) is 0 Å². The summed E-state index contributed by atoms with van der Waals surface area (Å²) in [7, 11) is -0.130. The molecule has 1 heterocycles. The highest BCUT2D eigenvalue weighted by molar-refractivity contribution is 7.64. The zero-order valence-electron chi connectivity index (χ0n) is 6.91. The van der Waals surface area contributed by atoms with Crippen LogP contribution in [0.3, 0.4) is 0 Å². The smallest absolute Gasteiger partial charge is 0.0855 e. The molecule has 0 saturated carbocycles. The summed E-state index contributed by atoms with van der Waals surface area (Å²) >= 11 is 0. The lowest BCUT2D eigenvalue weighted by Crippen LogP contribution is -2.11. The van der Waals surface area contributed by atoms with Crippen LogP contribution in [0.25, 0.3) is 0 Å². The van der Waals surface area contributed by atoms with Gasteiger partial charge in [0.1, 0.15) is 0 Å².